The predicted octanol–water partition coefficient (Wildman–Crippen LogP) is 0.722. The monoisotopic (exact) mass is 262 g/mol. The van der Waals surface area contributed by atoms with Crippen molar-refractivity contribution in [2.75, 3.05) is 26.2 Å². The second-order valence-corrected chi connectivity index (χ2v) is 4.59. The summed E-state index contributed by atoms with van der Waals surface area (Å²) in [6.45, 7) is 3.50. The van der Waals surface area contributed by atoms with Crippen molar-refractivity contribution in [3.05, 3.63) is 29.8 Å². The Labute approximate surface area is 112 Å². The maximum atomic E-state index is 12.0. The van der Waals surface area contributed by atoms with E-state index >= 15 is 0 Å². The first-order valence-electron chi connectivity index (χ1n) is 6.39. The average molecular weight is 262 g/mol. The Balaban J connectivity index is 1.85. The zero-order chi connectivity index (χ0) is 13.7. The number of carbonyl (C=O) groups excluding carboxylic acids is 2. The number of benzene rings is 1. The summed E-state index contributed by atoms with van der Waals surface area (Å²) in [5.74, 6) is 0.602. The van der Waals surface area contributed by atoms with Gasteiger partial charge in [0.05, 0.1) is 0 Å². The van der Waals surface area contributed by atoms with E-state index in [1.807, 2.05) is 31.2 Å². The fraction of sp³-hybridized carbons (Fsp3) is 0.429. The maximum absolute atomic E-state index is 12.0. The maximum Gasteiger partial charge on any atom is 0.260 e. The second-order valence-electron chi connectivity index (χ2n) is 4.59. The van der Waals surface area contributed by atoms with E-state index in [2.05, 4.69) is 5.32 Å². The topological polar surface area (TPSA) is 58.6 Å². The summed E-state index contributed by atoms with van der Waals surface area (Å²) in [7, 11) is 0. The number of amides is 2. The number of hydrogen-bond acceptors (Lipinski definition) is 3. The first-order valence-corrected chi connectivity index (χ1v) is 6.39. The molecule has 1 saturated heterocycles. The van der Waals surface area contributed by atoms with Crippen LogP contribution in [0.5, 0.6) is 5.75 Å². The van der Waals surface area contributed by atoms with Gasteiger partial charge in [0.2, 0.25) is 5.91 Å². The van der Waals surface area contributed by atoms with Crippen molar-refractivity contribution in [1.82, 2.24) is 10.2 Å². The second kappa shape index (κ2) is 6.22. The van der Waals surface area contributed by atoms with Gasteiger partial charge in [-0.3, -0.25) is 9.59 Å². The highest BCUT2D eigenvalue weighted by molar-refractivity contribution is 5.80. The molecule has 0 spiro atoms. The van der Waals surface area contributed by atoms with Crippen molar-refractivity contribution in [3.8, 4) is 5.75 Å². The van der Waals surface area contributed by atoms with E-state index in [4.69, 9.17) is 4.74 Å². The fourth-order valence-corrected chi connectivity index (χ4v) is 1.96. The number of ether oxygens (including phenoxy) is 1. The summed E-state index contributed by atoms with van der Waals surface area (Å²) in [6.07, 6.45) is 0.357. The van der Waals surface area contributed by atoms with Crippen molar-refractivity contribution in [3.63, 3.8) is 0 Å². The summed E-state index contributed by atoms with van der Waals surface area (Å²) in [5, 5.41) is 2.74. The molecule has 1 N–H and O–H groups in total. The molecule has 0 aromatic heterocycles. The molecule has 102 valence electrons. The smallest absolute Gasteiger partial charge is 0.260 e. The van der Waals surface area contributed by atoms with E-state index in [-0.39, 0.29) is 18.4 Å². The molecule has 0 bridgehead atoms. The number of hydrogen-bond donors (Lipinski definition) is 1. The van der Waals surface area contributed by atoms with Crippen molar-refractivity contribution in [2.45, 2.75) is 13.3 Å². The number of carbonyl (C=O) groups is 2. The van der Waals surface area contributed by atoms with E-state index in [1.54, 1.807) is 4.90 Å². The van der Waals surface area contributed by atoms with Gasteiger partial charge in [0.25, 0.3) is 5.91 Å². The van der Waals surface area contributed by atoms with Crippen LogP contribution in [0.2, 0.25) is 0 Å². The lowest BCUT2D eigenvalue weighted by molar-refractivity contribution is -0.133. The lowest BCUT2D eigenvalue weighted by atomic mass is 10.2. The Morgan fingerprint density at radius 2 is 2.26 bits per heavy atom. The minimum absolute atomic E-state index is 0.00472. The number of rotatable bonds is 3. The van der Waals surface area contributed by atoms with Crippen LogP contribution in [0.15, 0.2) is 24.3 Å². The van der Waals surface area contributed by atoms with Crippen LogP contribution >= 0.6 is 0 Å². The Kier molecular flexibility index (Phi) is 4.39. The molecule has 0 radical (unpaired) electrons. The summed E-state index contributed by atoms with van der Waals surface area (Å²) in [4.78, 5) is 24.8. The molecular weight excluding hydrogens is 244 g/mol. The van der Waals surface area contributed by atoms with Crippen LogP contribution in [0.4, 0.5) is 0 Å². The minimum atomic E-state index is -0.0852. The standard InChI is InChI=1S/C14H18N2O3/c1-11-3-2-4-12(9-11)19-10-14(18)16-7-5-13(17)15-6-8-16/h2-4,9H,5-8,10H2,1H3,(H,15,17). The van der Waals surface area contributed by atoms with Crippen LogP contribution < -0.4 is 10.1 Å². The van der Waals surface area contributed by atoms with Crippen molar-refractivity contribution >= 4 is 11.8 Å². The van der Waals surface area contributed by atoms with Gasteiger partial charge < -0.3 is 15.0 Å². The summed E-state index contributed by atoms with van der Waals surface area (Å²) in [5.41, 5.74) is 1.09. The molecule has 1 fully saturated rings. The van der Waals surface area contributed by atoms with E-state index in [1.165, 1.54) is 0 Å². The summed E-state index contributed by atoms with van der Waals surface area (Å²) < 4.78 is 5.47. The summed E-state index contributed by atoms with van der Waals surface area (Å²) >= 11 is 0. The molecular formula is C14H18N2O3. The number of nitrogens with one attached hydrogen (secondary N) is 1. The van der Waals surface area contributed by atoms with E-state index in [9.17, 15) is 9.59 Å². The van der Waals surface area contributed by atoms with E-state index in [0.29, 0.717) is 31.8 Å². The van der Waals surface area contributed by atoms with Crippen molar-refractivity contribution in [1.29, 1.82) is 0 Å². The van der Waals surface area contributed by atoms with Crippen LogP contribution in [0.3, 0.4) is 0 Å². The zero-order valence-corrected chi connectivity index (χ0v) is 11.0. The molecule has 1 heterocycles. The van der Waals surface area contributed by atoms with Gasteiger partial charge in [0, 0.05) is 26.1 Å². The lowest BCUT2D eigenvalue weighted by Crippen LogP contribution is -2.37. The molecule has 1 aliphatic rings. The van der Waals surface area contributed by atoms with Crippen molar-refractivity contribution in [2.24, 2.45) is 0 Å². The normalized spacial score (nSPS) is 15.6. The molecule has 0 unspecified atom stereocenters. The third kappa shape index (κ3) is 3.98. The molecule has 2 amide bonds. The van der Waals surface area contributed by atoms with Crippen LogP contribution in [0, 0.1) is 6.92 Å². The van der Waals surface area contributed by atoms with Crippen LogP contribution in [-0.4, -0.2) is 43.0 Å². The highest BCUT2D eigenvalue weighted by Crippen LogP contribution is 2.12. The van der Waals surface area contributed by atoms with Crippen LogP contribution in [0.1, 0.15) is 12.0 Å². The third-order valence-electron chi connectivity index (χ3n) is 3.02. The molecule has 0 saturated carbocycles. The van der Waals surface area contributed by atoms with Gasteiger partial charge in [-0.05, 0) is 24.6 Å². The number of aryl methyl sites for hydroxylation is 1. The van der Waals surface area contributed by atoms with E-state index < -0.39 is 0 Å². The molecule has 0 aliphatic carbocycles. The Morgan fingerprint density at radius 1 is 1.42 bits per heavy atom. The Bertz CT molecular complexity index is 474. The van der Waals surface area contributed by atoms with Gasteiger partial charge in [-0.1, -0.05) is 12.1 Å². The van der Waals surface area contributed by atoms with Gasteiger partial charge in [0.15, 0.2) is 6.61 Å². The van der Waals surface area contributed by atoms with E-state index in [0.717, 1.165) is 5.56 Å². The SMILES string of the molecule is Cc1cccc(OCC(=O)N2CCNC(=O)CC2)c1. The predicted molar refractivity (Wildman–Crippen MR) is 70.9 cm³/mol. The number of nitrogens with zero attached hydrogens (tertiary/aromatic N) is 1. The molecule has 5 heteroatoms. The molecule has 2 rings (SSSR count). The highest BCUT2D eigenvalue weighted by Gasteiger charge is 2.18. The van der Waals surface area contributed by atoms with Crippen LogP contribution in [-0.2, 0) is 9.59 Å². The third-order valence-corrected chi connectivity index (χ3v) is 3.02. The molecule has 0 atom stereocenters. The van der Waals surface area contributed by atoms with Gasteiger partial charge in [-0.15, -0.1) is 0 Å². The quantitative estimate of drug-likeness (QED) is 0.873. The molecule has 5 nitrogen and oxygen atoms in total. The Hall–Kier alpha value is -2.04. The Morgan fingerprint density at radius 3 is 3.05 bits per heavy atom. The lowest BCUT2D eigenvalue weighted by Gasteiger charge is -2.19. The van der Waals surface area contributed by atoms with Crippen LogP contribution in [0.25, 0.3) is 0 Å². The summed E-state index contributed by atoms with van der Waals surface area (Å²) in [6, 6.07) is 7.58. The van der Waals surface area contributed by atoms with Gasteiger partial charge in [-0.25, -0.2) is 0 Å². The fourth-order valence-electron chi connectivity index (χ4n) is 1.96. The first-order chi connectivity index (χ1) is 9.15. The largest absolute Gasteiger partial charge is 0.484 e. The minimum Gasteiger partial charge on any atom is -0.484 e. The zero-order valence-electron chi connectivity index (χ0n) is 11.0. The van der Waals surface area contributed by atoms with Gasteiger partial charge >= 0.3 is 0 Å². The highest BCUT2D eigenvalue weighted by atomic mass is 16.5. The molecule has 1 aromatic carbocycles. The first kappa shape index (κ1) is 13.4. The average Bonchev–Trinajstić information content (AvgIpc) is 2.61. The van der Waals surface area contributed by atoms with Crippen molar-refractivity contribution < 1.29 is 14.3 Å². The molecule has 1 aliphatic heterocycles. The van der Waals surface area contributed by atoms with Gasteiger partial charge in [0.1, 0.15) is 5.75 Å². The molecule has 19 heavy (non-hydrogen) atoms. The van der Waals surface area contributed by atoms with Gasteiger partial charge in [-0.2, -0.15) is 0 Å². The molecule has 1 aromatic rings.